The maximum absolute atomic E-state index is 12.0. The SMILES string of the molecule is COCCNC(=O)NNC(=O)[C@H](C)N[C@@H](CCc1ccccc1)C(=O)O. The van der Waals surface area contributed by atoms with Crippen LogP contribution in [0.2, 0.25) is 0 Å². The van der Waals surface area contributed by atoms with E-state index in [4.69, 9.17) is 4.74 Å². The lowest BCUT2D eigenvalue weighted by Crippen LogP contribution is -2.55. The number of ether oxygens (including phenoxy) is 1. The molecule has 3 amide bonds. The summed E-state index contributed by atoms with van der Waals surface area (Å²) in [6.07, 6.45) is 0.904. The first-order chi connectivity index (χ1) is 12.4. The molecule has 0 heterocycles. The van der Waals surface area contributed by atoms with Crippen molar-refractivity contribution in [2.45, 2.75) is 31.8 Å². The number of aliphatic carboxylic acids is 1. The van der Waals surface area contributed by atoms with E-state index < -0.39 is 30.0 Å². The predicted molar refractivity (Wildman–Crippen MR) is 95.3 cm³/mol. The first-order valence-corrected chi connectivity index (χ1v) is 8.29. The van der Waals surface area contributed by atoms with Gasteiger partial charge in [-0.2, -0.15) is 0 Å². The zero-order chi connectivity index (χ0) is 19.4. The van der Waals surface area contributed by atoms with Crippen molar-refractivity contribution in [2.75, 3.05) is 20.3 Å². The van der Waals surface area contributed by atoms with E-state index in [-0.39, 0.29) is 0 Å². The highest BCUT2D eigenvalue weighted by Gasteiger charge is 2.23. The van der Waals surface area contributed by atoms with E-state index in [2.05, 4.69) is 21.5 Å². The number of carbonyl (C=O) groups is 3. The zero-order valence-electron chi connectivity index (χ0n) is 15.0. The van der Waals surface area contributed by atoms with Gasteiger partial charge in [-0.25, -0.2) is 10.2 Å². The Balaban J connectivity index is 2.40. The van der Waals surface area contributed by atoms with Crippen molar-refractivity contribution in [3.8, 4) is 0 Å². The monoisotopic (exact) mass is 366 g/mol. The van der Waals surface area contributed by atoms with Crippen molar-refractivity contribution in [1.29, 1.82) is 0 Å². The van der Waals surface area contributed by atoms with Crippen molar-refractivity contribution in [1.82, 2.24) is 21.5 Å². The number of carboxylic acids is 1. The normalized spacial score (nSPS) is 12.7. The number of hydrazine groups is 1. The molecule has 0 radical (unpaired) electrons. The van der Waals surface area contributed by atoms with E-state index in [1.807, 2.05) is 30.3 Å². The van der Waals surface area contributed by atoms with Gasteiger partial charge in [-0.05, 0) is 25.3 Å². The minimum absolute atomic E-state index is 0.298. The molecule has 0 aromatic heterocycles. The Hall–Kier alpha value is -2.65. The average Bonchev–Trinajstić information content (AvgIpc) is 2.63. The number of rotatable bonds is 10. The van der Waals surface area contributed by atoms with Crippen LogP contribution in [-0.2, 0) is 20.7 Å². The van der Waals surface area contributed by atoms with Crippen LogP contribution in [0.25, 0.3) is 0 Å². The fourth-order valence-corrected chi connectivity index (χ4v) is 2.15. The minimum atomic E-state index is -1.04. The quantitative estimate of drug-likeness (QED) is 0.293. The second-order valence-electron chi connectivity index (χ2n) is 5.67. The Morgan fingerprint density at radius 3 is 2.46 bits per heavy atom. The summed E-state index contributed by atoms with van der Waals surface area (Å²) in [6.45, 7) is 2.17. The molecule has 0 saturated carbocycles. The minimum Gasteiger partial charge on any atom is -0.480 e. The molecule has 0 saturated heterocycles. The molecule has 5 N–H and O–H groups in total. The van der Waals surface area contributed by atoms with Gasteiger partial charge in [0.2, 0.25) is 0 Å². The number of methoxy groups -OCH3 is 1. The van der Waals surface area contributed by atoms with Gasteiger partial charge in [0.15, 0.2) is 0 Å². The highest BCUT2D eigenvalue weighted by molar-refractivity contribution is 5.85. The Bertz CT molecular complexity index is 582. The van der Waals surface area contributed by atoms with E-state index in [1.54, 1.807) is 0 Å². The maximum Gasteiger partial charge on any atom is 0.333 e. The van der Waals surface area contributed by atoms with E-state index in [1.165, 1.54) is 14.0 Å². The standard InChI is InChI=1S/C17H26N4O5/c1-12(15(22)20-21-17(25)18-10-11-26-2)19-14(16(23)24)9-8-13-6-4-3-5-7-13/h3-7,12,14,19H,8-11H2,1-2H3,(H,20,22)(H,23,24)(H2,18,21,25)/t12-,14-/m0/s1. The molecule has 1 rings (SSSR count). The Kier molecular flexibility index (Phi) is 9.73. The number of carbonyl (C=O) groups excluding carboxylic acids is 2. The fraction of sp³-hybridized carbons (Fsp3) is 0.471. The molecule has 1 aromatic rings. The van der Waals surface area contributed by atoms with Crippen LogP contribution in [-0.4, -0.2) is 55.4 Å². The van der Waals surface area contributed by atoms with Gasteiger partial charge in [-0.1, -0.05) is 30.3 Å². The first-order valence-electron chi connectivity index (χ1n) is 8.29. The Labute approximate surface area is 152 Å². The van der Waals surface area contributed by atoms with Crippen LogP contribution in [0.3, 0.4) is 0 Å². The highest BCUT2D eigenvalue weighted by Crippen LogP contribution is 2.06. The Morgan fingerprint density at radius 1 is 1.15 bits per heavy atom. The van der Waals surface area contributed by atoms with Gasteiger partial charge in [0.05, 0.1) is 12.6 Å². The molecule has 9 heteroatoms. The lowest BCUT2D eigenvalue weighted by molar-refractivity contribution is -0.140. The molecule has 0 aliphatic carbocycles. The maximum atomic E-state index is 12.0. The number of hydrogen-bond donors (Lipinski definition) is 5. The summed E-state index contributed by atoms with van der Waals surface area (Å²) in [6, 6.07) is 7.23. The third kappa shape index (κ3) is 8.45. The lowest BCUT2D eigenvalue weighted by Gasteiger charge is -2.20. The Morgan fingerprint density at radius 2 is 1.85 bits per heavy atom. The van der Waals surface area contributed by atoms with Crippen LogP contribution < -0.4 is 21.5 Å². The summed E-state index contributed by atoms with van der Waals surface area (Å²) in [5.41, 5.74) is 5.44. The molecule has 26 heavy (non-hydrogen) atoms. The number of nitrogens with one attached hydrogen (secondary N) is 4. The molecule has 0 spiro atoms. The molecule has 2 atom stereocenters. The molecule has 1 aromatic carbocycles. The molecule has 9 nitrogen and oxygen atoms in total. The summed E-state index contributed by atoms with van der Waals surface area (Å²) in [7, 11) is 1.51. The summed E-state index contributed by atoms with van der Waals surface area (Å²) in [5.74, 6) is -1.58. The van der Waals surface area contributed by atoms with Gasteiger partial charge in [0.1, 0.15) is 6.04 Å². The van der Waals surface area contributed by atoms with Crippen LogP contribution in [0.1, 0.15) is 18.9 Å². The topological polar surface area (TPSA) is 129 Å². The molecular weight excluding hydrogens is 340 g/mol. The first kappa shape index (κ1) is 21.4. The largest absolute Gasteiger partial charge is 0.480 e. The van der Waals surface area contributed by atoms with Crippen molar-refractivity contribution in [2.24, 2.45) is 0 Å². The van der Waals surface area contributed by atoms with Crippen LogP contribution >= 0.6 is 0 Å². The van der Waals surface area contributed by atoms with E-state index in [9.17, 15) is 19.5 Å². The van der Waals surface area contributed by atoms with Crippen LogP contribution in [0.4, 0.5) is 4.79 Å². The fourth-order valence-electron chi connectivity index (χ4n) is 2.15. The van der Waals surface area contributed by atoms with Crippen molar-refractivity contribution < 1.29 is 24.2 Å². The third-order valence-electron chi connectivity index (χ3n) is 3.60. The van der Waals surface area contributed by atoms with Crippen molar-refractivity contribution in [3.05, 3.63) is 35.9 Å². The number of carboxylic acid groups (broad SMARTS) is 1. The second kappa shape index (κ2) is 11.8. The molecule has 0 fully saturated rings. The summed E-state index contributed by atoms with van der Waals surface area (Å²) in [5, 5.41) is 14.6. The van der Waals surface area contributed by atoms with Gasteiger partial charge >= 0.3 is 12.0 Å². The van der Waals surface area contributed by atoms with Crippen molar-refractivity contribution in [3.63, 3.8) is 0 Å². The van der Waals surface area contributed by atoms with Gasteiger partial charge in [-0.15, -0.1) is 0 Å². The predicted octanol–water partition coefficient (Wildman–Crippen LogP) is 0.0273. The third-order valence-corrected chi connectivity index (χ3v) is 3.60. The number of benzene rings is 1. The zero-order valence-corrected chi connectivity index (χ0v) is 15.0. The molecule has 0 bridgehead atoms. The number of aryl methyl sites for hydroxylation is 1. The number of hydrogen-bond acceptors (Lipinski definition) is 5. The van der Waals surface area contributed by atoms with Crippen LogP contribution in [0.5, 0.6) is 0 Å². The van der Waals surface area contributed by atoms with E-state index in [0.717, 1.165) is 5.56 Å². The lowest BCUT2D eigenvalue weighted by atomic mass is 10.0. The summed E-state index contributed by atoms with van der Waals surface area (Å²) >= 11 is 0. The molecular formula is C17H26N4O5. The van der Waals surface area contributed by atoms with E-state index >= 15 is 0 Å². The highest BCUT2D eigenvalue weighted by atomic mass is 16.5. The van der Waals surface area contributed by atoms with Crippen LogP contribution in [0.15, 0.2) is 30.3 Å². The van der Waals surface area contributed by atoms with Crippen molar-refractivity contribution >= 4 is 17.9 Å². The van der Waals surface area contributed by atoms with Gasteiger partial charge in [0, 0.05) is 13.7 Å². The molecule has 0 aliphatic rings. The summed E-state index contributed by atoms with van der Waals surface area (Å²) in [4.78, 5) is 34.8. The summed E-state index contributed by atoms with van der Waals surface area (Å²) < 4.78 is 4.78. The molecule has 144 valence electrons. The average molecular weight is 366 g/mol. The molecule has 0 aliphatic heterocycles. The number of urea groups is 1. The van der Waals surface area contributed by atoms with Gasteiger partial charge in [-0.3, -0.25) is 20.3 Å². The smallest absolute Gasteiger partial charge is 0.333 e. The molecule has 0 unspecified atom stereocenters. The van der Waals surface area contributed by atoms with Gasteiger partial charge in [0.25, 0.3) is 5.91 Å². The second-order valence-corrected chi connectivity index (χ2v) is 5.67. The van der Waals surface area contributed by atoms with E-state index in [0.29, 0.717) is 26.0 Å². The van der Waals surface area contributed by atoms with Crippen LogP contribution in [0, 0.1) is 0 Å². The van der Waals surface area contributed by atoms with Gasteiger partial charge < -0.3 is 15.2 Å². The number of amides is 3.